The molecule has 0 aliphatic heterocycles. The number of hydrogen-bond donors (Lipinski definition) is 3. The molecule has 3 aromatic rings. The van der Waals surface area contributed by atoms with Gasteiger partial charge in [0.2, 0.25) is 5.78 Å². The second kappa shape index (κ2) is 5.57. The van der Waals surface area contributed by atoms with Gasteiger partial charge in [0, 0.05) is 23.3 Å². The fourth-order valence-corrected chi connectivity index (χ4v) is 3.33. The van der Waals surface area contributed by atoms with Crippen molar-refractivity contribution in [3.05, 3.63) is 58.7 Å². The summed E-state index contributed by atoms with van der Waals surface area (Å²) in [5.74, 6) is -3.34. The quantitative estimate of drug-likeness (QED) is 0.270. The van der Waals surface area contributed by atoms with E-state index >= 15 is 0 Å². The first-order valence-electron chi connectivity index (χ1n) is 7.92. The molecule has 0 radical (unpaired) electrons. The first kappa shape index (κ1) is 16.6. The number of carbonyl (C=O) groups excluding carboxylic acids is 3. The van der Waals surface area contributed by atoms with Crippen LogP contribution >= 0.6 is 0 Å². The summed E-state index contributed by atoms with van der Waals surface area (Å²) >= 11 is 0. The molecule has 0 aromatic heterocycles. The lowest BCUT2D eigenvalue weighted by molar-refractivity contribution is -0.131. The molecule has 1 aliphatic carbocycles. The van der Waals surface area contributed by atoms with E-state index in [9.17, 15) is 29.7 Å². The Kier molecular flexibility index (Phi) is 3.42. The molecule has 3 aromatic carbocycles. The first-order chi connectivity index (χ1) is 12.8. The van der Waals surface area contributed by atoms with Gasteiger partial charge in [-0.05, 0) is 24.3 Å². The van der Waals surface area contributed by atoms with Gasteiger partial charge < -0.3 is 20.1 Å². The molecule has 7 heteroatoms. The van der Waals surface area contributed by atoms with Crippen LogP contribution in [0.1, 0.15) is 38.8 Å². The number of carbonyl (C=O) groups is 3. The van der Waals surface area contributed by atoms with Crippen molar-refractivity contribution in [2.75, 3.05) is 0 Å². The van der Waals surface area contributed by atoms with E-state index in [2.05, 4.69) is 0 Å². The van der Waals surface area contributed by atoms with E-state index in [1.807, 2.05) is 0 Å². The number of rotatable bonds is 1. The number of ether oxygens (including phenoxy) is 1. The molecule has 0 saturated heterocycles. The molecule has 0 atom stereocenters. The van der Waals surface area contributed by atoms with Gasteiger partial charge in [-0.25, -0.2) is 0 Å². The van der Waals surface area contributed by atoms with Crippen LogP contribution in [0.25, 0.3) is 10.8 Å². The second-order valence-electron chi connectivity index (χ2n) is 6.11. The Morgan fingerprint density at radius 1 is 0.852 bits per heavy atom. The van der Waals surface area contributed by atoms with Gasteiger partial charge in [0.15, 0.2) is 5.78 Å². The maximum Gasteiger partial charge on any atom is 0.308 e. The molecule has 0 spiro atoms. The Morgan fingerprint density at radius 2 is 1.52 bits per heavy atom. The summed E-state index contributed by atoms with van der Waals surface area (Å²) in [7, 11) is 0. The summed E-state index contributed by atoms with van der Waals surface area (Å²) in [6.45, 7) is 1.21. The van der Waals surface area contributed by atoms with Crippen LogP contribution in [0.4, 0.5) is 0 Å². The van der Waals surface area contributed by atoms with E-state index in [4.69, 9.17) is 4.74 Å². The summed E-state index contributed by atoms with van der Waals surface area (Å²) in [4.78, 5) is 36.9. The Morgan fingerprint density at radius 3 is 2.22 bits per heavy atom. The van der Waals surface area contributed by atoms with Crippen LogP contribution in [-0.2, 0) is 4.79 Å². The third-order valence-corrected chi connectivity index (χ3v) is 4.45. The second-order valence-corrected chi connectivity index (χ2v) is 6.11. The predicted octanol–water partition coefficient (Wildman–Crippen LogP) is 2.66. The molecule has 3 N–H and O–H groups in total. The molecule has 0 amide bonds. The Balaban J connectivity index is 2.07. The molecule has 7 nitrogen and oxygen atoms in total. The third kappa shape index (κ3) is 2.25. The van der Waals surface area contributed by atoms with Crippen molar-refractivity contribution in [1.29, 1.82) is 0 Å². The Hall–Kier alpha value is -3.87. The van der Waals surface area contributed by atoms with Gasteiger partial charge in [0.05, 0.1) is 16.7 Å². The van der Waals surface area contributed by atoms with Crippen LogP contribution in [0, 0.1) is 0 Å². The first-order valence-corrected chi connectivity index (χ1v) is 7.92. The van der Waals surface area contributed by atoms with Gasteiger partial charge in [-0.2, -0.15) is 0 Å². The molecule has 0 saturated carbocycles. The lowest BCUT2D eigenvalue weighted by Gasteiger charge is -2.21. The van der Waals surface area contributed by atoms with Crippen LogP contribution in [0.15, 0.2) is 36.4 Å². The minimum Gasteiger partial charge on any atom is -0.507 e. The van der Waals surface area contributed by atoms with Crippen molar-refractivity contribution in [1.82, 2.24) is 0 Å². The van der Waals surface area contributed by atoms with Gasteiger partial charge in [0.25, 0.3) is 0 Å². The van der Waals surface area contributed by atoms with E-state index in [0.717, 1.165) is 0 Å². The van der Waals surface area contributed by atoms with Crippen LogP contribution in [-0.4, -0.2) is 32.9 Å². The molecule has 27 heavy (non-hydrogen) atoms. The monoisotopic (exact) mass is 364 g/mol. The molecule has 0 fully saturated rings. The number of esters is 1. The van der Waals surface area contributed by atoms with Crippen molar-refractivity contribution in [3.63, 3.8) is 0 Å². The van der Waals surface area contributed by atoms with E-state index in [0.29, 0.717) is 0 Å². The van der Waals surface area contributed by atoms with E-state index in [-0.39, 0.29) is 44.5 Å². The average molecular weight is 364 g/mol. The number of ketones is 2. The summed E-state index contributed by atoms with van der Waals surface area (Å²) < 4.78 is 4.96. The molecule has 1 aliphatic rings. The van der Waals surface area contributed by atoms with Gasteiger partial charge in [0.1, 0.15) is 23.0 Å². The predicted molar refractivity (Wildman–Crippen MR) is 93.6 cm³/mol. The number of hydrogen-bond acceptors (Lipinski definition) is 7. The highest BCUT2D eigenvalue weighted by Crippen LogP contribution is 2.46. The minimum atomic E-state index is -0.767. The van der Waals surface area contributed by atoms with Gasteiger partial charge >= 0.3 is 5.97 Å². The maximum absolute atomic E-state index is 12.9. The number of aromatic hydroxyl groups is 3. The van der Waals surface area contributed by atoms with Crippen molar-refractivity contribution in [3.8, 4) is 23.0 Å². The number of phenols is 3. The van der Waals surface area contributed by atoms with E-state index in [1.54, 1.807) is 0 Å². The summed E-state index contributed by atoms with van der Waals surface area (Å²) in [5, 5.41) is 31.4. The van der Waals surface area contributed by atoms with Crippen LogP contribution in [0.3, 0.4) is 0 Å². The highest BCUT2D eigenvalue weighted by molar-refractivity contribution is 6.33. The highest BCUT2D eigenvalue weighted by atomic mass is 16.5. The van der Waals surface area contributed by atoms with E-state index < -0.39 is 29.0 Å². The fourth-order valence-electron chi connectivity index (χ4n) is 3.33. The standard InChI is InChI=1S/C20H12O7/c1-8(21)27-9-5-6-10-12(7-9)19(25)15-16(17(10)23)20(26)14-11(18(15)24)3-2-4-13(14)22/h2-7,22-23,25H,1H3. The zero-order chi connectivity index (χ0) is 19.5. The van der Waals surface area contributed by atoms with Crippen LogP contribution < -0.4 is 4.74 Å². The molecule has 0 bridgehead atoms. The fraction of sp³-hybridized carbons (Fsp3) is 0.0500. The lowest BCUT2D eigenvalue weighted by Crippen LogP contribution is -2.21. The van der Waals surface area contributed by atoms with Crippen molar-refractivity contribution >= 4 is 28.3 Å². The largest absolute Gasteiger partial charge is 0.507 e. The van der Waals surface area contributed by atoms with Crippen molar-refractivity contribution in [2.24, 2.45) is 0 Å². The summed E-state index contributed by atoms with van der Waals surface area (Å²) in [6, 6.07) is 8.06. The molecule has 4 rings (SSSR count). The van der Waals surface area contributed by atoms with Crippen LogP contribution in [0.5, 0.6) is 23.0 Å². The normalized spacial score (nSPS) is 12.6. The third-order valence-electron chi connectivity index (χ3n) is 4.45. The SMILES string of the molecule is CC(=O)Oc1ccc2c(O)c3c(c(O)c2c1)C(=O)c1cccc(O)c1C3=O. The molecule has 0 heterocycles. The van der Waals surface area contributed by atoms with E-state index in [1.165, 1.54) is 43.3 Å². The molecule has 134 valence electrons. The van der Waals surface area contributed by atoms with Gasteiger partial charge in [-0.15, -0.1) is 0 Å². The van der Waals surface area contributed by atoms with Crippen molar-refractivity contribution < 1.29 is 34.4 Å². The molecular weight excluding hydrogens is 352 g/mol. The highest BCUT2D eigenvalue weighted by Gasteiger charge is 2.37. The average Bonchev–Trinajstić information content (AvgIpc) is 2.62. The number of fused-ring (bicyclic) bond motifs is 3. The Bertz CT molecular complexity index is 1190. The minimum absolute atomic E-state index is 0.0507. The summed E-state index contributed by atoms with van der Waals surface area (Å²) in [6.07, 6.45) is 0. The zero-order valence-electron chi connectivity index (χ0n) is 13.9. The smallest absolute Gasteiger partial charge is 0.308 e. The summed E-state index contributed by atoms with van der Waals surface area (Å²) in [5.41, 5.74) is -1.03. The Labute approximate surface area is 152 Å². The molecular formula is C20H12O7. The molecule has 0 unspecified atom stereocenters. The number of phenolic OH excluding ortho intramolecular Hbond substituents is 3. The lowest BCUT2D eigenvalue weighted by atomic mass is 9.81. The van der Waals surface area contributed by atoms with Crippen molar-refractivity contribution in [2.45, 2.75) is 6.92 Å². The zero-order valence-corrected chi connectivity index (χ0v) is 13.9. The number of benzene rings is 3. The maximum atomic E-state index is 12.9. The van der Waals surface area contributed by atoms with Crippen LogP contribution in [0.2, 0.25) is 0 Å². The van der Waals surface area contributed by atoms with Gasteiger partial charge in [-0.1, -0.05) is 12.1 Å². The van der Waals surface area contributed by atoms with Gasteiger partial charge in [-0.3, -0.25) is 14.4 Å². The topological polar surface area (TPSA) is 121 Å².